The number of benzene rings is 1. The Hall–Kier alpha value is -1.31. The third-order valence-electron chi connectivity index (χ3n) is 3.96. The molecule has 0 amide bonds. The number of phenolic OH excluding ortho intramolecular Hbond substituents is 1. The fraction of sp³-hybridized carbons (Fsp3) is 0.611. The predicted octanol–water partition coefficient (Wildman–Crippen LogP) is 4.70. The van der Waals surface area contributed by atoms with Crippen molar-refractivity contribution in [2.24, 2.45) is 11.3 Å². The van der Waals surface area contributed by atoms with Gasteiger partial charge >= 0.3 is 0 Å². The van der Waals surface area contributed by atoms with Crippen LogP contribution in [0.4, 0.5) is 0 Å². The van der Waals surface area contributed by atoms with Crippen molar-refractivity contribution in [3.63, 3.8) is 0 Å². The quantitative estimate of drug-likeness (QED) is 0.808. The third-order valence-corrected chi connectivity index (χ3v) is 3.96. The van der Waals surface area contributed by atoms with Gasteiger partial charge < -0.3 is 5.11 Å². The highest BCUT2D eigenvalue weighted by Gasteiger charge is 2.33. The highest BCUT2D eigenvalue weighted by molar-refractivity contribution is 6.01. The topological polar surface area (TPSA) is 37.3 Å². The highest BCUT2D eigenvalue weighted by Crippen LogP contribution is 2.40. The molecule has 110 valence electrons. The van der Waals surface area contributed by atoms with Gasteiger partial charge in [0.15, 0.2) is 5.78 Å². The van der Waals surface area contributed by atoms with Crippen molar-refractivity contribution >= 4 is 5.78 Å². The van der Waals surface area contributed by atoms with Crippen LogP contribution in [-0.2, 0) is 5.41 Å². The Morgan fingerprint density at radius 2 is 1.80 bits per heavy atom. The van der Waals surface area contributed by atoms with E-state index in [9.17, 15) is 9.90 Å². The van der Waals surface area contributed by atoms with Gasteiger partial charge in [0.2, 0.25) is 0 Å². The number of hydrogen-bond acceptors (Lipinski definition) is 2. The van der Waals surface area contributed by atoms with Gasteiger partial charge in [-0.05, 0) is 47.8 Å². The standard InChI is InChI=1S/C18H26O2/c1-17(2,3)11-18(4,5)13-8-9-15(19)14(10-13)16(20)12-6-7-12/h8-10,12,19H,6-7,11H2,1-5H3. The molecule has 0 saturated heterocycles. The maximum atomic E-state index is 12.2. The van der Waals surface area contributed by atoms with E-state index in [1.807, 2.05) is 12.1 Å². The average molecular weight is 274 g/mol. The van der Waals surface area contributed by atoms with Crippen LogP contribution >= 0.6 is 0 Å². The molecule has 1 saturated carbocycles. The molecule has 2 rings (SSSR count). The van der Waals surface area contributed by atoms with E-state index in [0.717, 1.165) is 24.8 Å². The van der Waals surface area contributed by atoms with Crippen LogP contribution in [0.1, 0.15) is 69.8 Å². The number of carbonyl (C=O) groups is 1. The molecule has 0 heterocycles. The summed E-state index contributed by atoms with van der Waals surface area (Å²) in [6, 6.07) is 5.53. The summed E-state index contributed by atoms with van der Waals surface area (Å²) in [6.45, 7) is 11.1. The van der Waals surface area contributed by atoms with E-state index in [-0.39, 0.29) is 28.3 Å². The van der Waals surface area contributed by atoms with Gasteiger partial charge in [0.05, 0.1) is 5.56 Å². The fourth-order valence-corrected chi connectivity index (χ4v) is 3.15. The number of aromatic hydroxyl groups is 1. The Labute approximate surface area is 122 Å². The minimum Gasteiger partial charge on any atom is -0.507 e. The molecule has 20 heavy (non-hydrogen) atoms. The van der Waals surface area contributed by atoms with Crippen molar-refractivity contribution in [3.8, 4) is 5.75 Å². The fourth-order valence-electron chi connectivity index (χ4n) is 3.15. The van der Waals surface area contributed by atoms with Crippen LogP contribution in [0.2, 0.25) is 0 Å². The molecule has 1 aliphatic rings. The number of ketones is 1. The average Bonchev–Trinajstić information content (AvgIpc) is 3.08. The van der Waals surface area contributed by atoms with E-state index < -0.39 is 0 Å². The Kier molecular flexibility index (Phi) is 3.70. The molecule has 0 aliphatic heterocycles. The van der Waals surface area contributed by atoms with Gasteiger partial charge in [-0.25, -0.2) is 0 Å². The van der Waals surface area contributed by atoms with Crippen LogP contribution in [0.25, 0.3) is 0 Å². The van der Waals surface area contributed by atoms with Crippen LogP contribution in [0.15, 0.2) is 18.2 Å². The first-order valence-electron chi connectivity index (χ1n) is 7.48. The lowest BCUT2D eigenvalue weighted by Crippen LogP contribution is -2.25. The minimum atomic E-state index is -0.00939. The lowest BCUT2D eigenvalue weighted by atomic mass is 9.72. The smallest absolute Gasteiger partial charge is 0.169 e. The molecule has 1 aromatic carbocycles. The van der Waals surface area contributed by atoms with Crippen molar-refractivity contribution in [2.45, 2.75) is 59.3 Å². The van der Waals surface area contributed by atoms with Gasteiger partial charge in [0.25, 0.3) is 0 Å². The lowest BCUT2D eigenvalue weighted by Gasteiger charge is -2.33. The summed E-state index contributed by atoms with van der Waals surface area (Å²) in [5, 5.41) is 9.96. The number of rotatable bonds is 4. The number of phenols is 1. The molecule has 0 atom stereocenters. The van der Waals surface area contributed by atoms with Crippen LogP contribution in [0.5, 0.6) is 5.75 Å². The predicted molar refractivity (Wildman–Crippen MR) is 82.3 cm³/mol. The molecule has 1 aromatic rings. The minimum absolute atomic E-state index is 0.00939. The maximum absolute atomic E-state index is 12.2. The summed E-state index contributed by atoms with van der Waals surface area (Å²) in [5.41, 5.74) is 1.85. The zero-order valence-electron chi connectivity index (χ0n) is 13.3. The molecule has 1 fully saturated rings. The van der Waals surface area contributed by atoms with E-state index in [0.29, 0.717) is 5.56 Å². The summed E-state index contributed by atoms with van der Waals surface area (Å²) in [5.74, 6) is 0.370. The SMILES string of the molecule is CC(C)(C)CC(C)(C)c1ccc(O)c(C(=O)C2CC2)c1. The van der Waals surface area contributed by atoms with E-state index in [4.69, 9.17) is 0 Å². The summed E-state index contributed by atoms with van der Waals surface area (Å²) in [7, 11) is 0. The summed E-state index contributed by atoms with van der Waals surface area (Å²) >= 11 is 0. The van der Waals surface area contributed by atoms with E-state index >= 15 is 0 Å². The molecular formula is C18H26O2. The maximum Gasteiger partial charge on any atom is 0.169 e. The van der Waals surface area contributed by atoms with Gasteiger partial charge in [0, 0.05) is 5.92 Å². The molecule has 0 aromatic heterocycles. The molecule has 1 aliphatic carbocycles. The van der Waals surface area contributed by atoms with Gasteiger partial charge in [0.1, 0.15) is 5.75 Å². The van der Waals surface area contributed by atoms with Gasteiger partial charge in [-0.2, -0.15) is 0 Å². The molecular weight excluding hydrogens is 248 g/mol. The lowest BCUT2D eigenvalue weighted by molar-refractivity contribution is 0.0965. The summed E-state index contributed by atoms with van der Waals surface area (Å²) in [6.07, 6.45) is 2.96. The largest absolute Gasteiger partial charge is 0.507 e. The number of carbonyl (C=O) groups excluding carboxylic acids is 1. The van der Waals surface area contributed by atoms with Gasteiger partial charge in [-0.15, -0.1) is 0 Å². The Balaban J connectivity index is 2.33. The second-order valence-electron chi connectivity index (χ2n) is 7.99. The van der Waals surface area contributed by atoms with Crippen molar-refractivity contribution in [3.05, 3.63) is 29.3 Å². The molecule has 2 nitrogen and oxygen atoms in total. The van der Waals surface area contributed by atoms with Crippen molar-refractivity contribution in [2.75, 3.05) is 0 Å². The highest BCUT2D eigenvalue weighted by atomic mass is 16.3. The molecule has 1 N–H and O–H groups in total. The zero-order valence-corrected chi connectivity index (χ0v) is 13.3. The first-order valence-corrected chi connectivity index (χ1v) is 7.48. The zero-order chi connectivity index (χ0) is 15.1. The number of Topliss-reactive ketones (excluding diaryl/α,β-unsaturated/α-hetero) is 1. The van der Waals surface area contributed by atoms with Crippen molar-refractivity contribution < 1.29 is 9.90 Å². The Bertz CT molecular complexity index is 517. The monoisotopic (exact) mass is 274 g/mol. The van der Waals surface area contributed by atoms with E-state index in [1.165, 1.54) is 0 Å². The van der Waals surface area contributed by atoms with Crippen LogP contribution in [0, 0.1) is 11.3 Å². The first-order chi connectivity index (χ1) is 9.10. The second kappa shape index (κ2) is 4.91. The summed E-state index contributed by atoms with van der Waals surface area (Å²) in [4.78, 5) is 12.2. The van der Waals surface area contributed by atoms with Crippen molar-refractivity contribution in [1.82, 2.24) is 0 Å². The molecule has 2 heteroatoms. The van der Waals surface area contributed by atoms with Crippen LogP contribution < -0.4 is 0 Å². The van der Waals surface area contributed by atoms with Gasteiger partial charge in [-0.1, -0.05) is 40.7 Å². The first kappa shape index (κ1) is 15.1. The third kappa shape index (κ3) is 3.41. The Morgan fingerprint density at radius 1 is 1.20 bits per heavy atom. The van der Waals surface area contributed by atoms with Crippen LogP contribution in [-0.4, -0.2) is 10.9 Å². The molecule has 0 bridgehead atoms. The molecule has 0 radical (unpaired) electrons. The van der Waals surface area contributed by atoms with E-state index in [2.05, 4.69) is 34.6 Å². The second-order valence-corrected chi connectivity index (χ2v) is 7.99. The molecule has 0 unspecified atom stereocenters. The van der Waals surface area contributed by atoms with Crippen LogP contribution in [0.3, 0.4) is 0 Å². The van der Waals surface area contributed by atoms with E-state index in [1.54, 1.807) is 6.07 Å². The summed E-state index contributed by atoms with van der Waals surface area (Å²) < 4.78 is 0. The normalized spacial score (nSPS) is 16.2. The Morgan fingerprint density at radius 3 is 2.30 bits per heavy atom. The van der Waals surface area contributed by atoms with Crippen molar-refractivity contribution in [1.29, 1.82) is 0 Å². The number of hydrogen-bond donors (Lipinski definition) is 1. The molecule has 0 spiro atoms. The van der Waals surface area contributed by atoms with Gasteiger partial charge in [-0.3, -0.25) is 4.79 Å².